The largest absolute Gasteiger partial charge is 0.507 e. The molecule has 1 aliphatic heterocycles. The summed E-state index contributed by atoms with van der Waals surface area (Å²) in [5.74, 6) is -1.26. The number of aromatic hydroxyl groups is 1. The van der Waals surface area contributed by atoms with E-state index >= 15 is 0 Å². The van der Waals surface area contributed by atoms with E-state index in [1.54, 1.807) is 24.0 Å². The summed E-state index contributed by atoms with van der Waals surface area (Å²) in [5, 5.41) is 9.91. The standard InChI is InChI=1S/C17H21NO6S/c1-11-3-2-4-14(16(11)20)17(21)24-9-15(19)18(12-5-6-12)13-7-8-25(22,23)10-13/h2-4,12-13,20H,5-10H2,1H3/t13-/m0/s1. The second-order valence-corrected chi connectivity index (χ2v) is 8.86. The molecular formula is C17H21NO6S. The lowest BCUT2D eigenvalue weighted by Gasteiger charge is -2.28. The summed E-state index contributed by atoms with van der Waals surface area (Å²) >= 11 is 0. The lowest BCUT2D eigenvalue weighted by atomic mass is 10.1. The predicted octanol–water partition coefficient (Wildman–Crippen LogP) is 1.04. The van der Waals surface area contributed by atoms with Crippen molar-refractivity contribution in [2.45, 2.75) is 38.3 Å². The van der Waals surface area contributed by atoms with Gasteiger partial charge >= 0.3 is 5.97 Å². The Morgan fingerprint density at radius 3 is 2.56 bits per heavy atom. The number of nitrogens with zero attached hydrogens (tertiary/aromatic N) is 1. The molecule has 1 saturated carbocycles. The summed E-state index contributed by atoms with van der Waals surface area (Å²) in [6.45, 7) is 1.20. The van der Waals surface area contributed by atoms with Crippen LogP contribution >= 0.6 is 0 Å². The fourth-order valence-electron chi connectivity index (χ4n) is 3.16. The van der Waals surface area contributed by atoms with Crippen LogP contribution in [0.5, 0.6) is 5.75 Å². The van der Waals surface area contributed by atoms with Gasteiger partial charge in [-0.2, -0.15) is 0 Å². The number of phenolic OH excluding ortho intramolecular Hbond substituents is 1. The third kappa shape index (κ3) is 3.95. The first-order chi connectivity index (χ1) is 11.8. The first-order valence-electron chi connectivity index (χ1n) is 8.26. The van der Waals surface area contributed by atoms with E-state index in [9.17, 15) is 23.1 Å². The summed E-state index contributed by atoms with van der Waals surface area (Å²) in [6, 6.07) is 4.41. The van der Waals surface area contributed by atoms with Gasteiger partial charge in [0.2, 0.25) is 0 Å². The number of sulfone groups is 1. The number of aryl methyl sites for hydroxylation is 1. The summed E-state index contributed by atoms with van der Waals surface area (Å²) in [5.41, 5.74) is 0.547. The number of para-hydroxylation sites is 1. The Labute approximate surface area is 146 Å². The van der Waals surface area contributed by atoms with E-state index in [4.69, 9.17) is 4.74 Å². The Morgan fingerprint density at radius 1 is 1.24 bits per heavy atom. The van der Waals surface area contributed by atoms with Crippen molar-refractivity contribution in [3.63, 3.8) is 0 Å². The maximum absolute atomic E-state index is 12.5. The van der Waals surface area contributed by atoms with Gasteiger partial charge in [-0.15, -0.1) is 0 Å². The van der Waals surface area contributed by atoms with Crippen LogP contribution < -0.4 is 0 Å². The first-order valence-corrected chi connectivity index (χ1v) is 10.1. The van der Waals surface area contributed by atoms with E-state index in [0.29, 0.717) is 12.0 Å². The van der Waals surface area contributed by atoms with Gasteiger partial charge < -0.3 is 14.7 Å². The Kier molecular flexibility index (Phi) is 4.73. The van der Waals surface area contributed by atoms with Gasteiger partial charge in [0.15, 0.2) is 16.4 Å². The number of amides is 1. The first kappa shape index (κ1) is 17.7. The van der Waals surface area contributed by atoms with Gasteiger partial charge in [-0.25, -0.2) is 13.2 Å². The van der Waals surface area contributed by atoms with Gasteiger partial charge in [0.05, 0.1) is 11.5 Å². The van der Waals surface area contributed by atoms with Crippen molar-refractivity contribution in [2.75, 3.05) is 18.1 Å². The molecule has 2 fully saturated rings. The van der Waals surface area contributed by atoms with Gasteiger partial charge in [0.25, 0.3) is 5.91 Å². The van der Waals surface area contributed by atoms with Gasteiger partial charge in [-0.3, -0.25) is 4.79 Å². The number of carbonyl (C=O) groups excluding carboxylic acids is 2. The van der Waals surface area contributed by atoms with Crippen LogP contribution in [-0.2, 0) is 19.4 Å². The number of ether oxygens (including phenoxy) is 1. The number of esters is 1. The molecule has 1 N–H and O–H groups in total. The van der Waals surface area contributed by atoms with Crippen molar-refractivity contribution in [1.29, 1.82) is 0 Å². The third-order valence-corrected chi connectivity index (χ3v) is 6.36. The van der Waals surface area contributed by atoms with Crippen molar-refractivity contribution >= 4 is 21.7 Å². The minimum atomic E-state index is -3.10. The van der Waals surface area contributed by atoms with Crippen LogP contribution in [0.2, 0.25) is 0 Å². The molecule has 0 aromatic heterocycles. The van der Waals surface area contributed by atoms with Crippen LogP contribution in [0.25, 0.3) is 0 Å². The van der Waals surface area contributed by atoms with Crippen LogP contribution in [-0.4, -0.2) is 60.5 Å². The van der Waals surface area contributed by atoms with Crippen LogP contribution in [0.15, 0.2) is 18.2 Å². The van der Waals surface area contributed by atoms with E-state index in [1.807, 2.05) is 0 Å². The second-order valence-electron chi connectivity index (χ2n) is 6.64. The zero-order valence-electron chi connectivity index (χ0n) is 14.0. The lowest BCUT2D eigenvalue weighted by Crippen LogP contribution is -2.44. The molecule has 1 amide bonds. The normalized spacial score (nSPS) is 21.7. The van der Waals surface area contributed by atoms with Gasteiger partial charge in [-0.1, -0.05) is 12.1 Å². The molecule has 1 aliphatic carbocycles. The van der Waals surface area contributed by atoms with Crippen LogP contribution in [0.1, 0.15) is 35.2 Å². The van der Waals surface area contributed by atoms with E-state index in [2.05, 4.69) is 0 Å². The summed E-state index contributed by atoms with van der Waals surface area (Å²) in [4.78, 5) is 26.2. The maximum Gasteiger partial charge on any atom is 0.342 e. The molecule has 7 nitrogen and oxygen atoms in total. The summed E-state index contributed by atoms with van der Waals surface area (Å²) in [6.07, 6.45) is 2.11. The second kappa shape index (κ2) is 6.67. The molecule has 0 bridgehead atoms. The summed E-state index contributed by atoms with van der Waals surface area (Å²) < 4.78 is 28.4. The topological polar surface area (TPSA) is 101 Å². The highest BCUT2D eigenvalue weighted by Crippen LogP contribution is 2.32. The van der Waals surface area contributed by atoms with Crippen molar-refractivity contribution in [3.05, 3.63) is 29.3 Å². The molecule has 2 aliphatic rings. The molecule has 0 spiro atoms. The quantitative estimate of drug-likeness (QED) is 0.780. The van der Waals surface area contributed by atoms with Crippen molar-refractivity contribution < 1.29 is 27.9 Å². The van der Waals surface area contributed by atoms with Crippen LogP contribution in [0, 0.1) is 6.92 Å². The Morgan fingerprint density at radius 2 is 1.96 bits per heavy atom. The van der Waals surface area contributed by atoms with E-state index < -0.39 is 22.4 Å². The van der Waals surface area contributed by atoms with Crippen LogP contribution in [0.3, 0.4) is 0 Å². The number of hydrogen-bond acceptors (Lipinski definition) is 6. The van der Waals surface area contributed by atoms with Gasteiger partial charge in [-0.05, 0) is 37.8 Å². The highest BCUT2D eigenvalue weighted by Gasteiger charge is 2.42. The molecule has 136 valence electrons. The molecule has 8 heteroatoms. The van der Waals surface area contributed by atoms with Crippen molar-refractivity contribution in [2.24, 2.45) is 0 Å². The van der Waals surface area contributed by atoms with Gasteiger partial charge in [0, 0.05) is 12.1 Å². The van der Waals surface area contributed by atoms with Crippen molar-refractivity contribution in [1.82, 2.24) is 4.90 Å². The molecule has 1 atom stereocenters. The molecule has 1 heterocycles. The minimum Gasteiger partial charge on any atom is -0.507 e. The van der Waals surface area contributed by atoms with E-state index in [1.165, 1.54) is 6.07 Å². The minimum absolute atomic E-state index is 0.00853. The van der Waals surface area contributed by atoms with E-state index in [0.717, 1.165) is 12.8 Å². The molecule has 0 radical (unpaired) electrons. The number of rotatable bonds is 5. The third-order valence-electron chi connectivity index (χ3n) is 4.61. The molecule has 0 unspecified atom stereocenters. The average molecular weight is 367 g/mol. The molecule has 1 aromatic carbocycles. The lowest BCUT2D eigenvalue weighted by molar-refractivity contribution is -0.137. The van der Waals surface area contributed by atoms with Crippen molar-refractivity contribution in [3.8, 4) is 5.75 Å². The highest BCUT2D eigenvalue weighted by atomic mass is 32.2. The number of benzene rings is 1. The molecule has 1 aromatic rings. The Hall–Kier alpha value is -2.09. The maximum atomic E-state index is 12.5. The number of carbonyl (C=O) groups is 2. The summed E-state index contributed by atoms with van der Waals surface area (Å²) in [7, 11) is -3.10. The Bertz CT molecular complexity index is 799. The van der Waals surface area contributed by atoms with E-state index in [-0.39, 0.29) is 40.8 Å². The molecule has 3 rings (SSSR count). The number of phenols is 1. The highest BCUT2D eigenvalue weighted by molar-refractivity contribution is 7.91. The molecular weight excluding hydrogens is 346 g/mol. The molecule has 1 saturated heterocycles. The fraction of sp³-hybridized carbons (Fsp3) is 0.529. The zero-order valence-corrected chi connectivity index (χ0v) is 14.8. The molecule has 25 heavy (non-hydrogen) atoms. The smallest absolute Gasteiger partial charge is 0.342 e. The average Bonchev–Trinajstić information content (AvgIpc) is 3.31. The number of hydrogen-bond donors (Lipinski definition) is 1. The monoisotopic (exact) mass is 367 g/mol. The SMILES string of the molecule is Cc1cccc(C(=O)OCC(=O)N(C2CC2)[C@H]2CCS(=O)(=O)C2)c1O. The zero-order chi connectivity index (χ0) is 18.2. The predicted molar refractivity (Wildman–Crippen MR) is 90.1 cm³/mol. The Balaban J connectivity index is 1.64. The van der Waals surface area contributed by atoms with Gasteiger partial charge in [0.1, 0.15) is 11.3 Å². The van der Waals surface area contributed by atoms with Crippen LogP contribution in [0.4, 0.5) is 0 Å². The fourth-order valence-corrected chi connectivity index (χ4v) is 4.87.